The Kier molecular flexibility index (Phi) is 5.54. The molecule has 4 aromatic heterocycles. The summed E-state index contributed by atoms with van der Waals surface area (Å²) >= 11 is 0. The number of aromatic nitrogens is 3. The van der Waals surface area contributed by atoms with E-state index in [-0.39, 0.29) is 0 Å². The molecule has 0 saturated carbocycles. The van der Waals surface area contributed by atoms with Crippen molar-refractivity contribution in [3.05, 3.63) is 152 Å². The molecule has 10 aromatic rings. The average Bonchev–Trinajstić information content (AvgIpc) is 3.54. The van der Waals surface area contributed by atoms with Crippen LogP contribution in [0.2, 0.25) is 0 Å². The summed E-state index contributed by atoms with van der Waals surface area (Å²) in [6.45, 7) is 0. The van der Waals surface area contributed by atoms with Gasteiger partial charge in [0, 0.05) is 38.2 Å². The lowest BCUT2D eigenvalue weighted by Gasteiger charge is -2.10. The highest BCUT2D eigenvalue weighted by molar-refractivity contribution is 6.20. The van der Waals surface area contributed by atoms with Gasteiger partial charge in [-0.05, 0) is 41.1 Å². The predicted octanol–water partition coefficient (Wildman–Crippen LogP) is 11.4. The fraction of sp³-hybridized carbons (Fsp3) is 0. The van der Waals surface area contributed by atoms with E-state index in [0.29, 0.717) is 0 Å². The van der Waals surface area contributed by atoms with Crippen LogP contribution in [0.15, 0.2) is 156 Å². The van der Waals surface area contributed by atoms with Crippen molar-refractivity contribution in [1.29, 1.82) is 0 Å². The fourth-order valence-corrected chi connectivity index (χ4v) is 6.86. The summed E-state index contributed by atoms with van der Waals surface area (Å²) in [6, 6.07) is 52.5. The van der Waals surface area contributed by atoms with E-state index < -0.39 is 0 Å². The van der Waals surface area contributed by atoms with E-state index in [9.17, 15) is 0 Å². The number of hydrogen-bond acceptors (Lipinski definition) is 4. The number of furan rings is 1. The van der Waals surface area contributed by atoms with Crippen LogP contribution in [0.4, 0.5) is 0 Å². The van der Waals surface area contributed by atoms with E-state index in [4.69, 9.17) is 19.4 Å². The molecule has 4 heterocycles. The van der Waals surface area contributed by atoms with E-state index in [1.54, 1.807) is 0 Å². The summed E-state index contributed by atoms with van der Waals surface area (Å²) in [6.07, 6.45) is 0. The lowest BCUT2D eigenvalue weighted by molar-refractivity contribution is 0.672. The molecule has 0 atom stereocenters. The number of rotatable bonds is 3. The number of hydrogen-bond donors (Lipinski definition) is 0. The van der Waals surface area contributed by atoms with Gasteiger partial charge in [0.05, 0.1) is 39.0 Å². The van der Waals surface area contributed by atoms with Crippen LogP contribution in [0.25, 0.3) is 99.2 Å². The maximum absolute atomic E-state index is 6.53. The second kappa shape index (κ2) is 10.1. The summed E-state index contributed by atoms with van der Waals surface area (Å²) < 4.78 is 6.53. The zero-order chi connectivity index (χ0) is 30.9. The zero-order valence-corrected chi connectivity index (χ0v) is 25.2. The normalized spacial score (nSPS) is 11.8. The van der Waals surface area contributed by atoms with Crippen LogP contribution in [0.1, 0.15) is 0 Å². The number of benzene rings is 6. The Morgan fingerprint density at radius 3 is 1.70 bits per heavy atom. The van der Waals surface area contributed by atoms with E-state index in [0.717, 1.165) is 93.8 Å². The molecule has 218 valence electrons. The molecule has 0 spiro atoms. The van der Waals surface area contributed by atoms with Gasteiger partial charge in [0.25, 0.3) is 0 Å². The van der Waals surface area contributed by atoms with Crippen molar-refractivity contribution in [2.75, 3.05) is 0 Å². The first-order chi connectivity index (χ1) is 23.3. The Labute approximate surface area is 269 Å². The first-order valence-electron chi connectivity index (χ1n) is 15.8. The largest absolute Gasteiger partial charge is 0.455 e. The van der Waals surface area contributed by atoms with E-state index >= 15 is 0 Å². The van der Waals surface area contributed by atoms with Crippen LogP contribution >= 0.6 is 0 Å². The highest BCUT2D eigenvalue weighted by Gasteiger charge is 2.18. The fourth-order valence-electron chi connectivity index (χ4n) is 6.86. The second-order valence-electron chi connectivity index (χ2n) is 12.0. The highest BCUT2D eigenvalue weighted by Crippen LogP contribution is 2.41. The third-order valence-electron chi connectivity index (χ3n) is 9.22. The van der Waals surface area contributed by atoms with Gasteiger partial charge in [-0.15, -0.1) is 0 Å². The lowest BCUT2D eigenvalue weighted by Crippen LogP contribution is -1.91. The van der Waals surface area contributed by atoms with Crippen molar-refractivity contribution in [3.63, 3.8) is 0 Å². The maximum atomic E-state index is 6.53. The molecule has 6 aromatic carbocycles. The topological polar surface area (TPSA) is 51.8 Å². The van der Waals surface area contributed by atoms with Crippen LogP contribution in [0.3, 0.4) is 0 Å². The third kappa shape index (κ3) is 4.12. The van der Waals surface area contributed by atoms with E-state index in [2.05, 4.69) is 121 Å². The quantitative estimate of drug-likeness (QED) is 0.150. The monoisotopic (exact) mass is 599 g/mol. The number of fused-ring (bicyclic) bond motifs is 9. The second-order valence-corrected chi connectivity index (χ2v) is 12.0. The SMILES string of the molecule is c1ccc(-c2ccc3ccc4ccc(-c5ccc(-c6nc7cc8ccccc8cc7c7oc8ccccc8c67)cc5)nc4c3n2)cc1. The molecule has 0 bridgehead atoms. The molecule has 0 aliphatic heterocycles. The molecule has 4 heteroatoms. The Balaban J connectivity index is 1.12. The summed E-state index contributed by atoms with van der Waals surface area (Å²) in [4.78, 5) is 15.5. The van der Waals surface area contributed by atoms with E-state index in [1.165, 1.54) is 5.39 Å². The Hall–Kier alpha value is -6.39. The first-order valence-corrected chi connectivity index (χ1v) is 15.8. The molecule has 0 aliphatic carbocycles. The van der Waals surface area contributed by atoms with Gasteiger partial charge in [0.2, 0.25) is 0 Å². The number of pyridine rings is 3. The Morgan fingerprint density at radius 1 is 0.404 bits per heavy atom. The van der Waals surface area contributed by atoms with Crippen LogP contribution in [0.5, 0.6) is 0 Å². The molecule has 0 saturated heterocycles. The zero-order valence-electron chi connectivity index (χ0n) is 25.2. The summed E-state index contributed by atoms with van der Waals surface area (Å²) in [5, 5.41) is 7.59. The van der Waals surface area contributed by atoms with E-state index in [1.807, 2.05) is 30.3 Å². The molecule has 0 radical (unpaired) electrons. The van der Waals surface area contributed by atoms with Gasteiger partial charge in [0.15, 0.2) is 0 Å². The predicted molar refractivity (Wildman–Crippen MR) is 193 cm³/mol. The summed E-state index contributed by atoms with van der Waals surface area (Å²) in [5.41, 5.74) is 10.4. The summed E-state index contributed by atoms with van der Waals surface area (Å²) in [7, 11) is 0. The summed E-state index contributed by atoms with van der Waals surface area (Å²) in [5.74, 6) is 0. The van der Waals surface area contributed by atoms with Crippen LogP contribution in [0, 0.1) is 0 Å². The van der Waals surface area contributed by atoms with Crippen molar-refractivity contribution in [3.8, 4) is 33.8 Å². The van der Waals surface area contributed by atoms with Crippen molar-refractivity contribution < 1.29 is 4.42 Å². The van der Waals surface area contributed by atoms with Crippen molar-refractivity contribution in [1.82, 2.24) is 15.0 Å². The van der Waals surface area contributed by atoms with Gasteiger partial charge in [-0.2, -0.15) is 0 Å². The average molecular weight is 600 g/mol. The van der Waals surface area contributed by atoms with Gasteiger partial charge >= 0.3 is 0 Å². The van der Waals surface area contributed by atoms with Crippen LogP contribution < -0.4 is 0 Å². The van der Waals surface area contributed by atoms with Crippen molar-refractivity contribution in [2.24, 2.45) is 0 Å². The molecule has 4 nitrogen and oxygen atoms in total. The minimum atomic E-state index is 0.861. The van der Waals surface area contributed by atoms with Crippen LogP contribution in [-0.2, 0) is 0 Å². The minimum absolute atomic E-state index is 0.861. The molecular formula is C43H25N3O. The molecule has 0 N–H and O–H groups in total. The molecule has 0 amide bonds. The van der Waals surface area contributed by atoms with Gasteiger partial charge in [0.1, 0.15) is 11.2 Å². The molecule has 47 heavy (non-hydrogen) atoms. The standard InChI is InChI=1S/C43H25N3O/c1-2-8-26(9-3-1)35-22-20-29-18-19-30-21-23-36(45-42(30)41(29)44-35)27-14-16-28(17-15-27)40-39-33-12-6-7-13-38(33)47-43(39)34-24-31-10-4-5-11-32(31)25-37(34)46-40/h1-25H. The van der Waals surface area contributed by atoms with Gasteiger partial charge in [-0.1, -0.05) is 121 Å². The minimum Gasteiger partial charge on any atom is -0.455 e. The Bertz CT molecular complexity index is 2840. The molecule has 10 rings (SSSR count). The highest BCUT2D eigenvalue weighted by atomic mass is 16.3. The van der Waals surface area contributed by atoms with Gasteiger partial charge < -0.3 is 4.42 Å². The first kappa shape index (κ1) is 25.9. The molecular weight excluding hydrogens is 574 g/mol. The molecule has 0 unspecified atom stereocenters. The number of para-hydroxylation sites is 1. The van der Waals surface area contributed by atoms with Crippen molar-refractivity contribution >= 4 is 65.4 Å². The maximum Gasteiger partial charge on any atom is 0.147 e. The number of nitrogens with zero attached hydrogens (tertiary/aromatic N) is 3. The third-order valence-corrected chi connectivity index (χ3v) is 9.22. The lowest BCUT2D eigenvalue weighted by atomic mass is 9.99. The van der Waals surface area contributed by atoms with Gasteiger partial charge in [-0.25, -0.2) is 15.0 Å². The van der Waals surface area contributed by atoms with Crippen molar-refractivity contribution in [2.45, 2.75) is 0 Å². The Morgan fingerprint density at radius 2 is 0.979 bits per heavy atom. The molecule has 0 fully saturated rings. The van der Waals surface area contributed by atoms with Gasteiger partial charge in [-0.3, -0.25) is 0 Å². The van der Waals surface area contributed by atoms with Crippen LogP contribution in [-0.4, -0.2) is 15.0 Å². The molecule has 0 aliphatic rings. The smallest absolute Gasteiger partial charge is 0.147 e.